The Labute approximate surface area is 232 Å². The molecule has 0 aromatic carbocycles. The van der Waals surface area contributed by atoms with Crippen LogP contribution in [0, 0.1) is 28.6 Å². The standard InChI is InChI=1S/C30H47N3O6/c1-5-6-7-24(28(37)38)32-27(36)18(2)31-26(35)17-39-33-20-12-14-29(3)19(16-20)8-9-21-22-10-11-25(34)30(22,4)15-13-23(21)29/h16,18,21-25,34H,5-15,17H2,1-4H3,(H,31,35)(H,32,36)(H,37,38)/b33-20-/t18-,21+,22+,23+,24+,25-,29+,30+/m1/s1. The van der Waals surface area contributed by atoms with Crippen LogP contribution < -0.4 is 10.6 Å². The van der Waals surface area contributed by atoms with Gasteiger partial charge in [0.1, 0.15) is 12.1 Å². The number of hydrogen-bond acceptors (Lipinski definition) is 6. The number of carboxylic acids is 1. The zero-order valence-corrected chi connectivity index (χ0v) is 24.0. The van der Waals surface area contributed by atoms with Gasteiger partial charge < -0.3 is 25.7 Å². The van der Waals surface area contributed by atoms with E-state index >= 15 is 0 Å². The topological polar surface area (TPSA) is 137 Å². The first-order valence-electron chi connectivity index (χ1n) is 14.9. The molecule has 0 bridgehead atoms. The van der Waals surface area contributed by atoms with Crippen molar-refractivity contribution in [1.82, 2.24) is 10.6 Å². The summed E-state index contributed by atoms with van der Waals surface area (Å²) in [7, 11) is 0. The van der Waals surface area contributed by atoms with E-state index < -0.39 is 29.9 Å². The molecule has 2 amide bonds. The van der Waals surface area contributed by atoms with Gasteiger partial charge in [-0.05, 0) is 99.4 Å². The summed E-state index contributed by atoms with van der Waals surface area (Å²) in [5, 5.41) is 29.3. The predicted molar refractivity (Wildman–Crippen MR) is 148 cm³/mol. The molecular formula is C30H47N3O6. The van der Waals surface area contributed by atoms with E-state index in [0.29, 0.717) is 30.6 Å². The number of hydrogen-bond donors (Lipinski definition) is 4. The van der Waals surface area contributed by atoms with Crippen molar-refractivity contribution in [3.05, 3.63) is 11.6 Å². The molecule has 39 heavy (non-hydrogen) atoms. The van der Waals surface area contributed by atoms with E-state index in [1.807, 2.05) is 6.92 Å². The summed E-state index contributed by atoms with van der Waals surface area (Å²) in [5.41, 5.74) is 2.52. The minimum Gasteiger partial charge on any atom is -0.480 e. The molecule has 9 heteroatoms. The number of carbonyl (C=O) groups is 3. The number of carboxylic acid groups (broad SMARTS) is 1. The molecule has 3 saturated carbocycles. The number of rotatable bonds is 10. The number of nitrogens with zero attached hydrogens (tertiary/aromatic N) is 1. The van der Waals surface area contributed by atoms with Crippen LogP contribution in [0.25, 0.3) is 0 Å². The quantitative estimate of drug-likeness (QED) is 0.307. The fraction of sp³-hybridized carbons (Fsp3) is 0.800. The number of aliphatic carboxylic acids is 1. The van der Waals surface area contributed by atoms with E-state index in [0.717, 1.165) is 57.1 Å². The van der Waals surface area contributed by atoms with Crippen molar-refractivity contribution < 1.29 is 29.4 Å². The molecule has 0 unspecified atom stereocenters. The Bertz CT molecular complexity index is 1010. The average Bonchev–Trinajstić information content (AvgIpc) is 3.20. The third-order valence-corrected chi connectivity index (χ3v) is 10.5. The van der Waals surface area contributed by atoms with Gasteiger partial charge in [0, 0.05) is 0 Å². The monoisotopic (exact) mass is 545 g/mol. The first kappa shape index (κ1) is 29.6. The number of unbranched alkanes of at least 4 members (excludes halogenated alkanes) is 1. The van der Waals surface area contributed by atoms with Crippen LogP contribution in [0.5, 0.6) is 0 Å². The van der Waals surface area contributed by atoms with Gasteiger partial charge in [-0.25, -0.2) is 4.79 Å². The molecule has 4 aliphatic rings. The van der Waals surface area contributed by atoms with Gasteiger partial charge in [0.05, 0.1) is 11.8 Å². The molecule has 4 N–H and O–H groups in total. The van der Waals surface area contributed by atoms with Gasteiger partial charge in [0.15, 0.2) is 6.61 Å². The first-order valence-corrected chi connectivity index (χ1v) is 14.9. The molecule has 0 saturated heterocycles. The zero-order chi connectivity index (χ0) is 28.4. The lowest BCUT2D eigenvalue weighted by Crippen LogP contribution is -2.51. The van der Waals surface area contributed by atoms with Gasteiger partial charge in [-0.1, -0.05) is 44.3 Å². The Morgan fingerprint density at radius 1 is 1.10 bits per heavy atom. The summed E-state index contributed by atoms with van der Waals surface area (Å²) in [6, 6.07) is -1.86. The SMILES string of the molecule is CCCC[C@H](NC(=O)[C@@H](C)NC(=O)CO/N=C1\C=C2CC[C@H]3[C@@H]4CC[C@@H](O)[C@@]4(C)CC[C@@H]3[C@@]2(C)CC1)C(=O)O. The Hall–Kier alpha value is -2.42. The number of amides is 2. The van der Waals surface area contributed by atoms with Crippen LogP contribution in [-0.4, -0.2) is 58.5 Å². The maximum atomic E-state index is 12.4. The molecule has 0 heterocycles. The van der Waals surface area contributed by atoms with E-state index in [9.17, 15) is 24.6 Å². The molecule has 218 valence electrons. The highest BCUT2D eigenvalue weighted by molar-refractivity contribution is 5.96. The molecule has 9 nitrogen and oxygen atoms in total. The normalized spacial score (nSPS) is 36.0. The fourth-order valence-corrected chi connectivity index (χ4v) is 8.10. The highest BCUT2D eigenvalue weighted by atomic mass is 16.6. The van der Waals surface area contributed by atoms with E-state index in [1.165, 1.54) is 18.9 Å². The summed E-state index contributed by atoms with van der Waals surface area (Å²) < 4.78 is 0. The largest absolute Gasteiger partial charge is 0.480 e. The number of fused-ring (bicyclic) bond motifs is 5. The van der Waals surface area contributed by atoms with Crippen molar-refractivity contribution in [1.29, 1.82) is 0 Å². The van der Waals surface area contributed by atoms with Crippen molar-refractivity contribution in [3.8, 4) is 0 Å². The first-order chi connectivity index (χ1) is 18.5. The van der Waals surface area contributed by atoms with E-state index in [1.54, 1.807) is 0 Å². The van der Waals surface area contributed by atoms with Crippen LogP contribution in [0.3, 0.4) is 0 Å². The van der Waals surface area contributed by atoms with E-state index in [2.05, 4.69) is 35.7 Å². The summed E-state index contributed by atoms with van der Waals surface area (Å²) in [4.78, 5) is 41.4. The zero-order valence-electron chi connectivity index (χ0n) is 24.0. The number of aliphatic hydroxyl groups is 1. The third-order valence-electron chi connectivity index (χ3n) is 10.5. The molecule has 0 radical (unpaired) electrons. The van der Waals surface area contributed by atoms with Crippen LogP contribution in [0.4, 0.5) is 0 Å². The predicted octanol–water partition coefficient (Wildman–Crippen LogP) is 3.95. The average molecular weight is 546 g/mol. The molecule has 0 aromatic heterocycles. The molecule has 4 aliphatic carbocycles. The molecule has 8 atom stereocenters. The van der Waals surface area contributed by atoms with Gasteiger partial charge >= 0.3 is 5.97 Å². The maximum absolute atomic E-state index is 12.4. The number of carbonyl (C=O) groups excluding carboxylic acids is 2. The minimum absolute atomic E-state index is 0.0830. The molecule has 4 rings (SSSR count). The van der Waals surface area contributed by atoms with Crippen LogP contribution in [0.15, 0.2) is 16.8 Å². The van der Waals surface area contributed by atoms with E-state index in [4.69, 9.17) is 4.84 Å². The van der Waals surface area contributed by atoms with Crippen molar-refractivity contribution >= 4 is 23.5 Å². The molecule has 3 fully saturated rings. The lowest BCUT2D eigenvalue weighted by Gasteiger charge is -2.57. The summed E-state index contributed by atoms with van der Waals surface area (Å²) in [6.07, 6.45) is 12.3. The Morgan fingerprint density at radius 2 is 1.87 bits per heavy atom. The highest BCUT2D eigenvalue weighted by Gasteiger charge is 2.58. The van der Waals surface area contributed by atoms with Gasteiger partial charge in [0.2, 0.25) is 5.91 Å². The van der Waals surface area contributed by atoms with E-state index in [-0.39, 0.29) is 23.5 Å². The van der Waals surface area contributed by atoms with Crippen LogP contribution in [0.1, 0.15) is 98.3 Å². The lowest BCUT2D eigenvalue weighted by molar-refractivity contribution is -0.142. The minimum atomic E-state index is -1.08. The number of allylic oxidation sites excluding steroid dienone is 2. The summed E-state index contributed by atoms with van der Waals surface area (Å²) in [6.45, 7) is 7.88. The number of oxime groups is 1. The van der Waals surface area contributed by atoms with Gasteiger partial charge in [-0.15, -0.1) is 0 Å². The summed E-state index contributed by atoms with van der Waals surface area (Å²) >= 11 is 0. The second kappa shape index (κ2) is 12.0. The van der Waals surface area contributed by atoms with Crippen LogP contribution >= 0.6 is 0 Å². The van der Waals surface area contributed by atoms with Gasteiger partial charge in [0.25, 0.3) is 5.91 Å². The third kappa shape index (κ3) is 6.03. The van der Waals surface area contributed by atoms with Crippen molar-refractivity contribution in [2.45, 2.75) is 117 Å². The Balaban J connectivity index is 1.28. The van der Waals surface area contributed by atoms with Gasteiger partial charge in [-0.2, -0.15) is 0 Å². The molecular weight excluding hydrogens is 498 g/mol. The van der Waals surface area contributed by atoms with Crippen molar-refractivity contribution in [3.63, 3.8) is 0 Å². The molecule has 0 aromatic rings. The highest BCUT2D eigenvalue weighted by Crippen LogP contribution is 2.65. The molecule has 0 aliphatic heterocycles. The van der Waals surface area contributed by atoms with Gasteiger partial charge in [-0.3, -0.25) is 9.59 Å². The second-order valence-electron chi connectivity index (χ2n) is 12.8. The molecule has 0 spiro atoms. The smallest absolute Gasteiger partial charge is 0.326 e. The van der Waals surface area contributed by atoms with Crippen molar-refractivity contribution in [2.75, 3.05) is 6.61 Å². The number of nitrogens with one attached hydrogen (secondary N) is 2. The number of aliphatic hydroxyl groups excluding tert-OH is 1. The second-order valence-corrected chi connectivity index (χ2v) is 12.8. The Kier molecular flexibility index (Phi) is 9.08. The lowest BCUT2D eigenvalue weighted by atomic mass is 9.47. The summed E-state index contributed by atoms with van der Waals surface area (Å²) in [5.74, 6) is -0.166. The fourth-order valence-electron chi connectivity index (χ4n) is 8.10. The maximum Gasteiger partial charge on any atom is 0.326 e. The Morgan fingerprint density at radius 3 is 2.59 bits per heavy atom. The van der Waals surface area contributed by atoms with Crippen LogP contribution in [-0.2, 0) is 19.2 Å². The van der Waals surface area contributed by atoms with Crippen LogP contribution in [0.2, 0.25) is 0 Å². The van der Waals surface area contributed by atoms with Crippen molar-refractivity contribution in [2.24, 2.45) is 33.7 Å².